The van der Waals surface area contributed by atoms with Crippen LogP contribution in [0.1, 0.15) is 31.0 Å². The van der Waals surface area contributed by atoms with Crippen molar-refractivity contribution in [1.82, 2.24) is 10.2 Å². The molecule has 0 radical (unpaired) electrons. The van der Waals surface area contributed by atoms with Gasteiger partial charge in [0.1, 0.15) is 0 Å². The number of nitrogens with zero attached hydrogens (tertiary/aromatic N) is 1. The maximum atomic E-state index is 12.4. The van der Waals surface area contributed by atoms with Crippen LogP contribution >= 0.6 is 27.3 Å². The zero-order valence-electron chi connectivity index (χ0n) is 13.8. The Balaban J connectivity index is 1.91. The number of nitrogens with one attached hydrogen (secondary N) is 1. The topological polar surface area (TPSA) is 32.3 Å². The summed E-state index contributed by atoms with van der Waals surface area (Å²) in [6, 6.07) is 12.3. The van der Waals surface area contributed by atoms with Crippen LogP contribution in [0.4, 0.5) is 0 Å². The quantitative estimate of drug-likeness (QED) is 0.751. The summed E-state index contributed by atoms with van der Waals surface area (Å²) in [7, 11) is 1.97. The van der Waals surface area contributed by atoms with Crippen LogP contribution in [-0.2, 0) is 11.3 Å². The number of likely N-dealkylation sites (N-methyl/N-ethyl adjacent to an activating group) is 1. The van der Waals surface area contributed by atoms with Crippen LogP contribution in [0.15, 0.2) is 45.6 Å². The highest BCUT2D eigenvalue weighted by Gasteiger charge is 2.18. The molecule has 1 heterocycles. The number of thiophene rings is 1. The molecule has 0 saturated carbocycles. The van der Waals surface area contributed by atoms with Gasteiger partial charge in [0.2, 0.25) is 5.91 Å². The van der Waals surface area contributed by atoms with E-state index in [2.05, 4.69) is 58.7 Å². The second kappa shape index (κ2) is 8.62. The molecule has 124 valence electrons. The molecule has 1 N–H and O–H groups in total. The van der Waals surface area contributed by atoms with E-state index in [-0.39, 0.29) is 11.9 Å². The molecule has 0 fully saturated rings. The first-order valence-electron chi connectivity index (χ1n) is 7.71. The zero-order valence-corrected chi connectivity index (χ0v) is 16.2. The lowest BCUT2D eigenvalue weighted by molar-refractivity contribution is -0.123. The molecule has 0 bridgehead atoms. The Kier molecular flexibility index (Phi) is 6.81. The predicted molar refractivity (Wildman–Crippen MR) is 101 cm³/mol. The summed E-state index contributed by atoms with van der Waals surface area (Å²) in [5.41, 5.74) is 2.38. The van der Waals surface area contributed by atoms with E-state index in [1.54, 1.807) is 11.3 Å². The van der Waals surface area contributed by atoms with E-state index in [0.717, 1.165) is 15.9 Å². The highest BCUT2D eigenvalue weighted by Crippen LogP contribution is 2.22. The molecule has 1 aromatic heterocycles. The summed E-state index contributed by atoms with van der Waals surface area (Å²) < 4.78 is 1.12. The number of hydrogen-bond acceptors (Lipinski definition) is 3. The number of halogens is 1. The molecule has 0 aliphatic carbocycles. The van der Waals surface area contributed by atoms with Gasteiger partial charge in [-0.2, -0.15) is 0 Å². The summed E-state index contributed by atoms with van der Waals surface area (Å²) in [5, 5.41) is 5.28. The molecule has 5 heteroatoms. The first-order chi connectivity index (χ1) is 11.0. The fourth-order valence-electron chi connectivity index (χ4n) is 2.56. The number of amides is 1. The molecular weight excluding hydrogens is 372 g/mol. The first-order valence-corrected chi connectivity index (χ1v) is 9.38. The Morgan fingerprint density at radius 3 is 2.57 bits per heavy atom. The summed E-state index contributed by atoms with van der Waals surface area (Å²) in [6.45, 7) is 5.42. The van der Waals surface area contributed by atoms with Crippen LogP contribution in [0.25, 0.3) is 0 Å². The Labute approximate surface area is 150 Å². The van der Waals surface area contributed by atoms with Crippen LogP contribution < -0.4 is 5.32 Å². The smallest absolute Gasteiger partial charge is 0.234 e. The van der Waals surface area contributed by atoms with Crippen molar-refractivity contribution in [2.24, 2.45) is 5.92 Å². The van der Waals surface area contributed by atoms with Gasteiger partial charge in [-0.15, -0.1) is 11.3 Å². The van der Waals surface area contributed by atoms with E-state index in [0.29, 0.717) is 12.5 Å². The van der Waals surface area contributed by atoms with E-state index in [1.807, 2.05) is 30.1 Å². The van der Waals surface area contributed by atoms with Gasteiger partial charge in [0.05, 0.1) is 16.4 Å². The van der Waals surface area contributed by atoms with Crippen LogP contribution in [0.5, 0.6) is 0 Å². The number of benzene rings is 1. The zero-order chi connectivity index (χ0) is 16.8. The molecule has 2 aromatic rings. The molecule has 0 aliphatic heterocycles. The molecule has 1 aromatic carbocycles. The monoisotopic (exact) mass is 394 g/mol. The third kappa shape index (κ3) is 5.75. The number of hydrogen-bond donors (Lipinski definition) is 1. The predicted octanol–water partition coefficient (Wildman–Crippen LogP) is 4.46. The van der Waals surface area contributed by atoms with Gasteiger partial charge < -0.3 is 5.32 Å². The van der Waals surface area contributed by atoms with Crippen molar-refractivity contribution >= 4 is 33.2 Å². The van der Waals surface area contributed by atoms with Crippen molar-refractivity contribution in [1.29, 1.82) is 0 Å². The van der Waals surface area contributed by atoms with Gasteiger partial charge in [-0.25, -0.2) is 0 Å². The summed E-state index contributed by atoms with van der Waals surface area (Å²) in [6.07, 6.45) is 0. The SMILES string of the molecule is CC(C)[C@@H](NC(=O)CN(C)Cc1csc(Br)c1)c1ccccc1. The van der Waals surface area contributed by atoms with Crippen molar-refractivity contribution in [3.8, 4) is 0 Å². The van der Waals surface area contributed by atoms with Crippen molar-refractivity contribution in [3.63, 3.8) is 0 Å². The van der Waals surface area contributed by atoms with E-state index in [1.165, 1.54) is 5.56 Å². The van der Waals surface area contributed by atoms with Crippen LogP contribution in [-0.4, -0.2) is 24.4 Å². The minimum atomic E-state index is 0.0485. The van der Waals surface area contributed by atoms with Crippen LogP contribution in [0.3, 0.4) is 0 Å². The maximum Gasteiger partial charge on any atom is 0.234 e. The Bertz CT molecular complexity index is 627. The van der Waals surface area contributed by atoms with E-state index >= 15 is 0 Å². The lowest BCUT2D eigenvalue weighted by Gasteiger charge is -2.24. The van der Waals surface area contributed by atoms with Gasteiger partial charge in [0.15, 0.2) is 0 Å². The minimum absolute atomic E-state index is 0.0485. The van der Waals surface area contributed by atoms with E-state index in [4.69, 9.17) is 0 Å². The lowest BCUT2D eigenvalue weighted by atomic mass is 9.96. The van der Waals surface area contributed by atoms with Crippen LogP contribution in [0, 0.1) is 5.92 Å². The molecule has 2 rings (SSSR count). The largest absolute Gasteiger partial charge is 0.348 e. The van der Waals surface area contributed by atoms with Gasteiger partial charge in [-0.1, -0.05) is 44.2 Å². The Morgan fingerprint density at radius 2 is 2.00 bits per heavy atom. The summed E-state index contributed by atoms with van der Waals surface area (Å²) >= 11 is 5.13. The van der Waals surface area contributed by atoms with Crippen molar-refractivity contribution < 1.29 is 4.79 Å². The molecule has 0 spiro atoms. The second-order valence-electron chi connectivity index (χ2n) is 6.13. The standard InChI is InChI=1S/C18H23BrN2OS/c1-13(2)18(15-7-5-4-6-8-15)20-17(22)11-21(3)10-14-9-16(19)23-12-14/h4-9,12-13,18H,10-11H2,1-3H3,(H,20,22)/t18-/m1/s1. The highest BCUT2D eigenvalue weighted by atomic mass is 79.9. The molecule has 23 heavy (non-hydrogen) atoms. The molecule has 0 saturated heterocycles. The molecule has 0 aliphatic rings. The summed E-state index contributed by atoms with van der Waals surface area (Å²) in [4.78, 5) is 14.4. The van der Waals surface area contributed by atoms with Crippen molar-refractivity contribution in [2.45, 2.75) is 26.4 Å². The summed E-state index contributed by atoms with van der Waals surface area (Å²) in [5.74, 6) is 0.406. The van der Waals surface area contributed by atoms with Gasteiger partial charge in [-0.05, 0) is 51.5 Å². The fraction of sp³-hybridized carbons (Fsp3) is 0.389. The molecule has 1 amide bonds. The van der Waals surface area contributed by atoms with Gasteiger partial charge in [-0.3, -0.25) is 9.69 Å². The van der Waals surface area contributed by atoms with E-state index < -0.39 is 0 Å². The van der Waals surface area contributed by atoms with Crippen molar-refractivity contribution in [2.75, 3.05) is 13.6 Å². The maximum absolute atomic E-state index is 12.4. The van der Waals surface area contributed by atoms with Gasteiger partial charge in [0, 0.05) is 6.54 Å². The molecular formula is C18H23BrN2OS. The third-order valence-electron chi connectivity index (χ3n) is 3.63. The lowest BCUT2D eigenvalue weighted by Crippen LogP contribution is -2.38. The number of carbonyl (C=O) groups is 1. The first kappa shape index (κ1) is 18.2. The normalized spacial score (nSPS) is 12.6. The number of carbonyl (C=O) groups excluding carboxylic acids is 1. The molecule has 0 unspecified atom stereocenters. The van der Waals surface area contributed by atoms with Crippen LogP contribution in [0.2, 0.25) is 0 Å². The molecule has 3 nitrogen and oxygen atoms in total. The van der Waals surface area contributed by atoms with Crippen molar-refractivity contribution in [3.05, 3.63) is 56.7 Å². The average molecular weight is 395 g/mol. The average Bonchev–Trinajstić information content (AvgIpc) is 2.90. The van der Waals surface area contributed by atoms with Gasteiger partial charge >= 0.3 is 0 Å². The Morgan fingerprint density at radius 1 is 1.30 bits per heavy atom. The fourth-order valence-corrected chi connectivity index (χ4v) is 3.76. The van der Waals surface area contributed by atoms with Gasteiger partial charge in [0.25, 0.3) is 0 Å². The minimum Gasteiger partial charge on any atom is -0.348 e. The third-order valence-corrected chi connectivity index (χ3v) is 5.18. The second-order valence-corrected chi connectivity index (χ2v) is 8.42. The van der Waals surface area contributed by atoms with E-state index in [9.17, 15) is 4.79 Å². The Hall–Kier alpha value is -1.17. The highest BCUT2D eigenvalue weighted by molar-refractivity contribution is 9.11. The number of rotatable bonds is 7. The molecule has 1 atom stereocenters.